The maximum absolute atomic E-state index is 13.4. The van der Waals surface area contributed by atoms with Gasteiger partial charge in [0.25, 0.3) is 0 Å². The van der Waals surface area contributed by atoms with Crippen LogP contribution in [-0.4, -0.2) is 84.1 Å². The van der Waals surface area contributed by atoms with Crippen molar-refractivity contribution in [2.75, 3.05) is 6.61 Å². The van der Waals surface area contributed by atoms with E-state index in [9.17, 15) is 40.2 Å². The normalized spacial score (nSPS) is 43.3. The number of aliphatic hydroxyl groups excluding tert-OH is 3. The van der Waals surface area contributed by atoms with Crippen LogP contribution in [0.4, 0.5) is 0 Å². The second-order valence-corrected chi connectivity index (χ2v) is 13.8. The van der Waals surface area contributed by atoms with E-state index >= 15 is 0 Å². The number of carbonyl (C=O) groups excluding carboxylic acids is 2. The van der Waals surface area contributed by atoms with Gasteiger partial charge in [-0.3, -0.25) is 4.79 Å². The standard InChI is InChI=1S/C29H46O9/c1-25(2,35)9-8-23(38-24(34)15-30)28(5,36)22-7-11-29(37)17-12-19(31)18-13-20(32)21(33)14-26(18,3)16(17)6-10-27(22,29)4/h12,16,18,20-23,30,32-33,35-37H,6-11,13-15H2,1-5H3/t16-,18-,20+,21-,22-,23+,26+,27+,28+,29+/m0/s1. The van der Waals surface area contributed by atoms with E-state index in [0.29, 0.717) is 31.3 Å². The molecule has 6 N–H and O–H groups in total. The lowest BCUT2D eigenvalue weighted by Gasteiger charge is -2.60. The second kappa shape index (κ2) is 9.63. The predicted molar refractivity (Wildman–Crippen MR) is 138 cm³/mol. The van der Waals surface area contributed by atoms with E-state index in [1.54, 1.807) is 26.8 Å². The highest BCUT2D eigenvalue weighted by molar-refractivity contribution is 5.95. The molecule has 0 aromatic heterocycles. The summed E-state index contributed by atoms with van der Waals surface area (Å²) in [7, 11) is 0. The van der Waals surface area contributed by atoms with Gasteiger partial charge in [-0.1, -0.05) is 13.8 Å². The van der Waals surface area contributed by atoms with Gasteiger partial charge in [-0.25, -0.2) is 4.79 Å². The van der Waals surface area contributed by atoms with E-state index in [-0.39, 0.29) is 37.4 Å². The van der Waals surface area contributed by atoms with Crippen molar-refractivity contribution in [3.63, 3.8) is 0 Å². The number of aliphatic hydroxyl groups is 6. The fourth-order valence-electron chi connectivity index (χ4n) is 8.68. The molecule has 0 aromatic rings. The Morgan fingerprint density at radius 1 is 1.11 bits per heavy atom. The zero-order chi connectivity index (χ0) is 28.5. The number of allylic oxidation sites excluding steroid dienone is 1. The fraction of sp³-hybridized carbons (Fsp3) is 0.862. The van der Waals surface area contributed by atoms with Crippen LogP contribution in [0.15, 0.2) is 11.6 Å². The molecule has 0 aromatic carbocycles. The molecule has 0 spiro atoms. The van der Waals surface area contributed by atoms with Gasteiger partial charge in [-0.15, -0.1) is 0 Å². The first kappa shape index (κ1) is 29.6. The third-order valence-electron chi connectivity index (χ3n) is 10.9. The number of ketones is 1. The second-order valence-electron chi connectivity index (χ2n) is 13.8. The van der Waals surface area contributed by atoms with Crippen LogP contribution in [0.25, 0.3) is 0 Å². The van der Waals surface area contributed by atoms with Gasteiger partial charge in [-0.05, 0) is 101 Å². The first-order valence-electron chi connectivity index (χ1n) is 14.0. The van der Waals surface area contributed by atoms with Crippen LogP contribution in [0.3, 0.4) is 0 Å². The lowest BCUT2D eigenvalue weighted by atomic mass is 9.45. The molecule has 3 fully saturated rings. The number of rotatable bonds is 7. The smallest absolute Gasteiger partial charge is 0.332 e. The molecule has 0 saturated heterocycles. The number of ether oxygens (including phenoxy) is 1. The lowest BCUT2D eigenvalue weighted by molar-refractivity contribution is -0.195. The Kier molecular flexibility index (Phi) is 7.51. The zero-order valence-electron chi connectivity index (χ0n) is 23.3. The van der Waals surface area contributed by atoms with Crippen LogP contribution in [0.5, 0.6) is 0 Å². The first-order valence-corrected chi connectivity index (χ1v) is 14.0. The van der Waals surface area contributed by atoms with Gasteiger partial charge >= 0.3 is 5.97 Å². The van der Waals surface area contributed by atoms with E-state index in [1.807, 2.05) is 13.8 Å². The van der Waals surface area contributed by atoms with Crippen molar-refractivity contribution < 1.29 is 45.0 Å². The molecule has 4 aliphatic carbocycles. The summed E-state index contributed by atoms with van der Waals surface area (Å²) >= 11 is 0. The molecule has 9 heteroatoms. The third-order valence-corrected chi connectivity index (χ3v) is 10.9. The molecule has 3 saturated carbocycles. The Morgan fingerprint density at radius 3 is 2.37 bits per heavy atom. The van der Waals surface area contributed by atoms with Crippen molar-refractivity contribution in [2.24, 2.45) is 28.6 Å². The van der Waals surface area contributed by atoms with Crippen LogP contribution < -0.4 is 0 Å². The van der Waals surface area contributed by atoms with Crippen molar-refractivity contribution in [2.45, 2.75) is 121 Å². The third kappa shape index (κ3) is 4.57. The summed E-state index contributed by atoms with van der Waals surface area (Å²) in [6, 6.07) is 0. The molecular weight excluding hydrogens is 492 g/mol. The van der Waals surface area contributed by atoms with Gasteiger partial charge in [0, 0.05) is 11.3 Å². The van der Waals surface area contributed by atoms with Gasteiger partial charge in [0.2, 0.25) is 0 Å². The Labute approximate surface area is 224 Å². The SMILES string of the molecule is CC(C)(O)CC[C@@H](OC(=O)CO)[C@](C)(O)[C@H]1CC[C@@]2(O)C3=CC(=O)[C@@H]4C[C@@H](O)[C@@H](O)C[C@]4(C)[C@H]3CC[C@]12C. The molecule has 10 atom stereocenters. The summed E-state index contributed by atoms with van der Waals surface area (Å²) in [6.45, 7) is 7.93. The molecule has 4 aliphatic rings. The van der Waals surface area contributed by atoms with Gasteiger partial charge in [-0.2, -0.15) is 0 Å². The maximum Gasteiger partial charge on any atom is 0.332 e. The number of fused-ring (bicyclic) bond motifs is 5. The van der Waals surface area contributed by atoms with Crippen LogP contribution >= 0.6 is 0 Å². The van der Waals surface area contributed by atoms with Crippen molar-refractivity contribution in [1.29, 1.82) is 0 Å². The van der Waals surface area contributed by atoms with Gasteiger partial charge in [0.1, 0.15) is 18.3 Å². The van der Waals surface area contributed by atoms with Crippen LogP contribution in [0.2, 0.25) is 0 Å². The van der Waals surface area contributed by atoms with Crippen molar-refractivity contribution >= 4 is 11.8 Å². The average molecular weight is 539 g/mol. The molecule has 4 rings (SSSR count). The Morgan fingerprint density at radius 2 is 1.76 bits per heavy atom. The first-order chi connectivity index (χ1) is 17.4. The van der Waals surface area contributed by atoms with Crippen molar-refractivity contribution in [3.8, 4) is 0 Å². The van der Waals surface area contributed by atoms with Crippen LogP contribution in [0.1, 0.15) is 86.0 Å². The summed E-state index contributed by atoms with van der Waals surface area (Å²) in [5.41, 5.74) is -4.81. The van der Waals surface area contributed by atoms with Gasteiger partial charge < -0.3 is 35.4 Å². The fourth-order valence-corrected chi connectivity index (χ4v) is 8.68. The number of hydrogen-bond donors (Lipinski definition) is 6. The minimum atomic E-state index is -1.58. The van der Waals surface area contributed by atoms with E-state index in [0.717, 1.165) is 0 Å². The van der Waals surface area contributed by atoms with E-state index < -0.39 is 70.4 Å². The molecule has 0 heterocycles. The van der Waals surface area contributed by atoms with Crippen LogP contribution in [0, 0.1) is 28.6 Å². The molecule has 9 nitrogen and oxygen atoms in total. The Hall–Kier alpha value is -1.36. The monoisotopic (exact) mass is 538 g/mol. The van der Waals surface area contributed by atoms with Gasteiger partial charge in [0.05, 0.1) is 23.4 Å². The average Bonchev–Trinajstić information content (AvgIpc) is 3.09. The summed E-state index contributed by atoms with van der Waals surface area (Å²) in [4.78, 5) is 25.5. The number of hydrogen-bond acceptors (Lipinski definition) is 9. The Bertz CT molecular complexity index is 983. The molecule has 0 unspecified atom stereocenters. The molecule has 0 bridgehead atoms. The quantitative estimate of drug-likeness (QED) is 0.263. The molecule has 0 aliphatic heterocycles. The zero-order valence-corrected chi connectivity index (χ0v) is 23.3. The van der Waals surface area contributed by atoms with E-state index in [1.165, 1.54) is 0 Å². The predicted octanol–water partition coefficient (Wildman–Crippen LogP) is 1.40. The molecular formula is C29H46O9. The molecule has 0 amide bonds. The minimum absolute atomic E-state index is 0.141. The van der Waals surface area contributed by atoms with E-state index in [4.69, 9.17) is 4.74 Å². The van der Waals surface area contributed by atoms with E-state index in [2.05, 4.69) is 0 Å². The summed E-state index contributed by atoms with van der Waals surface area (Å²) in [5, 5.41) is 64.8. The van der Waals surface area contributed by atoms with Crippen LogP contribution in [-0.2, 0) is 14.3 Å². The number of carbonyl (C=O) groups is 2. The maximum atomic E-state index is 13.4. The summed E-state index contributed by atoms with van der Waals surface area (Å²) < 4.78 is 5.51. The topological polar surface area (TPSA) is 165 Å². The largest absolute Gasteiger partial charge is 0.458 e. The highest BCUT2D eigenvalue weighted by atomic mass is 16.6. The summed E-state index contributed by atoms with van der Waals surface area (Å²) in [5.74, 6) is -2.08. The highest BCUT2D eigenvalue weighted by Gasteiger charge is 2.69. The minimum Gasteiger partial charge on any atom is -0.458 e. The van der Waals surface area contributed by atoms with Crippen molar-refractivity contribution in [3.05, 3.63) is 11.6 Å². The Balaban J connectivity index is 1.69. The molecule has 216 valence electrons. The number of esters is 1. The summed E-state index contributed by atoms with van der Waals surface area (Å²) in [6.07, 6.45) is 1.49. The lowest BCUT2D eigenvalue weighted by Crippen LogP contribution is -2.63. The molecule has 0 radical (unpaired) electrons. The highest BCUT2D eigenvalue weighted by Crippen LogP contribution is 2.68. The van der Waals surface area contributed by atoms with Gasteiger partial charge in [0.15, 0.2) is 5.78 Å². The molecule has 38 heavy (non-hydrogen) atoms. The van der Waals surface area contributed by atoms with Crippen molar-refractivity contribution in [1.82, 2.24) is 0 Å².